The van der Waals surface area contributed by atoms with Crippen molar-refractivity contribution in [1.29, 1.82) is 0 Å². The molecule has 2 aromatic rings. The van der Waals surface area contributed by atoms with Crippen molar-refractivity contribution < 1.29 is 4.79 Å². The number of rotatable bonds is 6. The Balaban J connectivity index is 2.15. The van der Waals surface area contributed by atoms with Crippen molar-refractivity contribution >= 4 is 11.6 Å². The number of nitrogens with two attached hydrogens (primary N) is 1. The third-order valence-electron chi connectivity index (χ3n) is 3.78. The Labute approximate surface area is 126 Å². The van der Waals surface area contributed by atoms with Crippen molar-refractivity contribution in [2.45, 2.75) is 32.7 Å². The normalized spacial score (nSPS) is 11.9. The van der Waals surface area contributed by atoms with E-state index in [0.717, 1.165) is 24.1 Å². The lowest BCUT2D eigenvalue weighted by molar-refractivity contribution is 0.1000. The predicted octanol–water partition coefficient (Wildman–Crippen LogP) is 3.53. The first-order chi connectivity index (χ1) is 10.1. The molecule has 2 rings (SSSR count). The molecule has 0 heterocycles. The van der Waals surface area contributed by atoms with E-state index in [2.05, 4.69) is 36.5 Å². The van der Waals surface area contributed by atoms with E-state index in [9.17, 15) is 4.79 Å². The van der Waals surface area contributed by atoms with E-state index in [4.69, 9.17) is 5.73 Å². The highest BCUT2D eigenvalue weighted by Gasteiger charge is 2.12. The topological polar surface area (TPSA) is 55.1 Å². The van der Waals surface area contributed by atoms with E-state index < -0.39 is 0 Å². The third kappa shape index (κ3) is 3.85. The van der Waals surface area contributed by atoms with Gasteiger partial charge >= 0.3 is 0 Å². The number of nitrogens with one attached hydrogen (secondary N) is 1. The molecular formula is C18H22N2O. The van der Waals surface area contributed by atoms with Crippen LogP contribution in [0.15, 0.2) is 48.5 Å². The van der Waals surface area contributed by atoms with Gasteiger partial charge in [-0.25, -0.2) is 0 Å². The number of benzene rings is 2. The van der Waals surface area contributed by atoms with E-state index in [1.165, 1.54) is 5.56 Å². The number of hydrogen-bond acceptors (Lipinski definition) is 2. The van der Waals surface area contributed by atoms with Gasteiger partial charge in [-0.3, -0.25) is 4.79 Å². The molecule has 0 aliphatic rings. The van der Waals surface area contributed by atoms with Crippen LogP contribution in [0.3, 0.4) is 0 Å². The average molecular weight is 282 g/mol. The van der Waals surface area contributed by atoms with Crippen molar-refractivity contribution in [1.82, 2.24) is 0 Å². The second kappa shape index (κ2) is 6.93. The van der Waals surface area contributed by atoms with Crippen molar-refractivity contribution in [3.8, 4) is 0 Å². The van der Waals surface area contributed by atoms with Crippen LogP contribution < -0.4 is 11.1 Å². The Morgan fingerprint density at radius 1 is 1.14 bits per heavy atom. The first-order valence-electron chi connectivity index (χ1n) is 7.31. The fraction of sp³-hybridized carbons (Fsp3) is 0.278. The maximum atomic E-state index is 11.4. The summed E-state index contributed by atoms with van der Waals surface area (Å²) in [6.07, 6.45) is 1.96. The zero-order valence-electron chi connectivity index (χ0n) is 12.6. The monoisotopic (exact) mass is 282 g/mol. The molecule has 0 saturated heterocycles. The summed E-state index contributed by atoms with van der Waals surface area (Å²) in [6.45, 7) is 4.09. The minimum absolute atomic E-state index is 0.328. The first kappa shape index (κ1) is 15.1. The molecule has 110 valence electrons. The number of anilines is 1. The van der Waals surface area contributed by atoms with Gasteiger partial charge in [0.2, 0.25) is 5.91 Å². The highest BCUT2D eigenvalue weighted by atomic mass is 16.1. The van der Waals surface area contributed by atoms with Gasteiger partial charge in [-0.1, -0.05) is 43.3 Å². The summed E-state index contributed by atoms with van der Waals surface area (Å²) < 4.78 is 0. The van der Waals surface area contributed by atoms with E-state index >= 15 is 0 Å². The lowest BCUT2D eigenvalue weighted by Crippen LogP contribution is -2.22. The second-order valence-electron chi connectivity index (χ2n) is 5.28. The lowest BCUT2D eigenvalue weighted by atomic mass is 10.0. The zero-order valence-corrected chi connectivity index (χ0v) is 12.6. The molecule has 0 bridgehead atoms. The van der Waals surface area contributed by atoms with Gasteiger partial charge in [-0.15, -0.1) is 0 Å². The second-order valence-corrected chi connectivity index (χ2v) is 5.28. The van der Waals surface area contributed by atoms with Gasteiger partial charge in [0.05, 0.1) is 0 Å². The molecule has 3 heteroatoms. The van der Waals surface area contributed by atoms with E-state index in [-0.39, 0.29) is 5.91 Å². The number of carbonyl (C=O) groups excluding carboxylic acids is 1. The maximum absolute atomic E-state index is 11.4. The number of hydrogen-bond donors (Lipinski definition) is 2. The maximum Gasteiger partial charge on any atom is 0.249 e. The van der Waals surface area contributed by atoms with Gasteiger partial charge in [-0.05, 0) is 43.0 Å². The first-order valence-corrected chi connectivity index (χ1v) is 7.31. The molecule has 0 spiro atoms. The van der Waals surface area contributed by atoms with Crippen molar-refractivity contribution in [3.63, 3.8) is 0 Å². The molecule has 0 aromatic heterocycles. The van der Waals surface area contributed by atoms with Gasteiger partial charge in [0.25, 0.3) is 0 Å². The Bertz CT molecular complexity index is 608. The molecule has 3 N–H and O–H groups in total. The molecule has 1 amide bonds. The molecule has 0 radical (unpaired) electrons. The molecule has 21 heavy (non-hydrogen) atoms. The Morgan fingerprint density at radius 2 is 1.86 bits per heavy atom. The average Bonchev–Trinajstić information content (AvgIpc) is 2.49. The molecular weight excluding hydrogens is 260 g/mol. The van der Waals surface area contributed by atoms with Gasteiger partial charge in [0.15, 0.2) is 0 Å². The van der Waals surface area contributed by atoms with E-state index in [0.29, 0.717) is 11.6 Å². The van der Waals surface area contributed by atoms with Crippen LogP contribution in [0.5, 0.6) is 0 Å². The van der Waals surface area contributed by atoms with Gasteiger partial charge in [0.1, 0.15) is 0 Å². The molecule has 0 fully saturated rings. The van der Waals surface area contributed by atoms with Gasteiger partial charge in [0, 0.05) is 17.3 Å². The van der Waals surface area contributed by atoms with Crippen LogP contribution in [0.4, 0.5) is 5.69 Å². The SMILES string of the molecule is CCC(Cc1ccccc1)Nc1cccc(C(N)=O)c1C. The van der Waals surface area contributed by atoms with Crippen molar-refractivity contribution in [2.75, 3.05) is 5.32 Å². The summed E-state index contributed by atoms with van der Waals surface area (Å²) in [7, 11) is 0. The summed E-state index contributed by atoms with van der Waals surface area (Å²) in [5.41, 5.74) is 9.18. The zero-order chi connectivity index (χ0) is 15.2. The minimum Gasteiger partial charge on any atom is -0.382 e. The lowest BCUT2D eigenvalue weighted by Gasteiger charge is -2.20. The van der Waals surface area contributed by atoms with Gasteiger partial charge < -0.3 is 11.1 Å². The minimum atomic E-state index is -0.382. The van der Waals surface area contributed by atoms with Crippen LogP contribution in [0, 0.1) is 6.92 Å². The van der Waals surface area contributed by atoms with Crippen molar-refractivity contribution in [2.24, 2.45) is 5.73 Å². The van der Waals surface area contributed by atoms with Crippen LogP contribution in [0.25, 0.3) is 0 Å². The molecule has 0 saturated carbocycles. The van der Waals surface area contributed by atoms with E-state index in [1.54, 1.807) is 6.07 Å². The molecule has 3 nitrogen and oxygen atoms in total. The Morgan fingerprint density at radius 3 is 2.48 bits per heavy atom. The van der Waals surface area contributed by atoms with Crippen LogP contribution in [0.2, 0.25) is 0 Å². The van der Waals surface area contributed by atoms with Crippen LogP contribution in [-0.4, -0.2) is 11.9 Å². The summed E-state index contributed by atoms with van der Waals surface area (Å²) in [5.74, 6) is -0.382. The summed E-state index contributed by atoms with van der Waals surface area (Å²) >= 11 is 0. The number of amides is 1. The molecule has 2 aromatic carbocycles. The standard InChI is InChI=1S/C18H22N2O/c1-3-15(12-14-8-5-4-6-9-14)20-17-11-7-10-16(13(17)2)18(19)21/h4-11,15,20H,3,12H2,1-2H3,(H2,19,21). The summed E-state index contributed by atoms with van der Waals surface area (Å²) in [5, 5.41) is 3.53. The number of carbonyl (C=O) groups is 1. The summed E-state index contributed by atoms with van der Waals surface area (Å²) in [6, 6.07) is 16.4. The number of primary amides is 1. The molecule has 1 atom stereocenters. The molecule has 0 aliphatic heterocycles. The quantitative estimate of drug-likeness (QED) is 0.851. The van der Waals surface area contributed by atoms with Crippen molar-refractivity contribution in [3.05, 3.63) is 65.2 Å². The van der Waals surface area contributed by atoms with Crippen LogP contribution >= 0.6 is 0 Å². The predicted molar refractivity (Wildman–Crippen MR) is 87.5 cm³/mol. The van der Waals surface area contributed by atoms with Crippen LogP contribution in [-0.2, 0) is 6.42 Å². The van der Waals surface area contributed by atoms with Gasteiger partial charge in [-0.2, -0.15) is 0 Å². The fourth-order valence-corrected chi connectivity index (χ4v) is 2.47. The van der Waals surface area contributed by atoms with Crippen LogP contribution in [0.1, 0.15) is 34.8 Å². The smallest absolute Gasteiger partial charge is 0.249 e. The summed E-state index contributed by atoms with van der Waals surface area (Å²) in [4.78, 5) is 11.4. The Hall–Kier alpha value is -2.29. The third-order valence-corrected chi connectivity index (χ3v) is 3.78. The fourth-order valence-electron chi connectivity index (χ4n) is 2.47. The van der Waals surface area contributed by atoms with E-state index in [1.807, 2.05) is 25.1 Å². The highest BCUT2D eigenvalue weighted by Crippen LogP contribution is 2.21. The molecule has 0 aliphatic carbocycles. The molecule has 1 unspecified atom stereocenters. The Kier molecular flexibility index (Phi) is 4.99. The largest absolute Gasteiger partial charge is 0.382 e. The highest BCUT2D eigenvalue weighted by molar-refractivity contribution is 5.95.